The number of hydrogen-bond acceptors (Lipinski definition) is 6. The molecule has 0 spiro atoms. The number of aromatic nitrogens is 1. The summed E-state index contributed by atoms with van der Waals surface area (Å²) in [6.45, 7) is 2.08. The number of hydrogen-bond donors (Lipinski definition) is 0. The lowest BCUT2D eigenvalue weighted by Crippen LogP contribution is -2.13. The largest absolute Gasteiger partial charge is 0.497 e. The molecule has 8 heteroatoms. The zero-order valence-electron chi connectivity index (χ0n) is 16.0. The van der Waals surface area contributed by atoms with Crippen molar-refractivity contribution in [1.82, 2.24) is 4.57 Å². The molecule has 0 saturated heterocycles. The van der Waals surface area contributed by atoms with Crippen molar-refractivity contribution in [3.8, 4) is 11.5 Å². The molecule has 2 aromatic carbocycles. The SMILES string of the molecule is CCOC(=O)c1ccc2c(c1)sc(=NC(=O)c1cc(OC)cc(OC)c1)n2C. The van der Waals surface area contributed by atoms with Crippen LogP contribution in [0.15, 0.2) is 41.4 Å². The molecule has 146 valence electrons. The molecule has 1 aromatic heterocycles. The molecular weight excluding hydrogens is 380 g/mol. The molecule has 0 aliphatic heterocycles. The highest BCUT2D eigenvalue weighted by Crippen LogP contribution is 2.23. The van der Waals surface area contributed by atoms with Crippen LogP contribution < -0.4 is 14.3 Å². The smallest absolute Gasteiger partial charge is 0.338 e. The van der Waals surface area contributed by atoms with Gasteiger partial charge >= 0.3 is 5.97 Å². The van der Waals surface area contributed by atoms with E-state index in [0.29, 0.717) is 34.0 Å². The highest BCUT2D eigenvalue weighted by Gasteiger charge is 2.13. The summed E-state index contributed by atoms with van der Waals surface area (Å²) < 4.78 is 18.1. The first-order valence-electron chi connectivity index (χ1n) is 8.55. The van der Waals surface area contributed by atoms with Gasteiger partial charge in [-0.2, -0.15) is 4.99 Å². The molecule has 28 heavy (non-hydrogen) atoms. The van der Waals surface area contributed by atoms with Gasteiger partial charge in [0.05, 0.1) is 36.6 Å². The zero-order chi connectivity index (χ0) is 20.3. The van der Waals surface area contributed by atoms with Crippen LogP contribution >= 0.6 is 11.3 Å². The fourth-order valence-corrected chi connectivity index (χ4v) is 3.72. The second kappa shape index (κ2) is 8.26. The summed E-state index contributed by atoms with van der Waals surface area (Å²) in [6.07, 6.45) is 0. The molecule has 0 bridgehead atoms. The van der Waals surface area contributed by atoms with E-state index in [1.54, 1.807) is 37.3 Å². The number of methoxy groups -OCH3 is 2. The summed E-state index contributed by atoms with van der Waals surface area (Å²) in [4.78, 5) is 29.4. The van der Waals surface area contributed by atoms with Gasteiger partial charge in [0.1, 0.15) is 11.5 Å². The topological polar surface area (TPSA) is 79.1 Å². The first kappa shape index (κ1) is 19.6. The maximum atomic E-state index is 12.7. The molecule has 0 N–H and O–H groups in total. The van der Waals surface area contributed by atoms with E-state index in [1.165, 1.54) is 25.6 Å². The quantitative estimate of drug-likeness (QED) is 0.615. The number of aryl methyl sites for hydroxylation is 1. The Balaban J connectivity index is 2.03. The minimum Gasteiger partial charge on any atom is -0.497 e. The number of carbonyl (C=O) groups excluding carboxylic acids is 2. The van der Waals surface area contributed by atoms with Crippen LogP contribution in [0.1, 0.15) is 27.6 Å². The number of rotatable bonds is 5. The highest BCUT2D eigenvalue weighted by molar-refractivity contribution is 7.16. The van der Waals surface area contributed by atoms with Crippen molar-refractivity contribution in [3.05, 3.63) is 52.3 Å². The fourth-order valence-electron chi connectivity index (χ4n) is 2.66. The molecule has 3 aromatic rings. The number of benzene rings is 2. The molecule has 0 aliphatic rings. The molecule has 0 fully saturated rings. The number of fused-ring (bicyclic) bond motifs is 1. The van der Waals surface area contributed by atoms with Crippen molar-refractivity contribution in [2.75, 3.05) is 20.8 Å². The molecule has 0 saturated carbocycles. The van der Waals surface area contributed by atoms with Gasteiger partial charge in [0.2, 0.25) is 0 Å². The van der Waals surface area contributed by atoms with Gasteiger partial charge in [-0.1, -0.05) is 11.3 Å². The minimum atomic E-state index is -0.412. The number of carbonyl (C=O) groups is 2. The Morgan fingerprint density at radius 1 is 1.04 bits per heavy atom. The van der Waals surface area contributed by atoms with Gasteiger partial charge in [0, 0.05) is 18.7 Å². The Labute approximate surface area is 165 Å². The van der Waals surface area contributed by atoms with Crippen LogP contribution in [0.2, 0.25) is 0 Å². The van der Waals surface area contributed by atoms with E-state index in [9.17, 15) is 9.59 Å². The summed E-state index contributed by atoms with van der Waals surface area (Å²) >= 11 is 1.32. The third kappa shape index (κ3) is 3.91. The third-order valence-corrected chi connectivity index (χ3v) is 5.21. The summed E-state index contributed by atoms with van der Waals surface area (Å²) in [6, 6.07) is 10.2. The molecule has 3 rings (SSSR count). The van der Waals surface area contributed by atoms with Gasteiger partial charge in [-0.05, 0) is 37.3 Å². The minimum absolute atomic E-state index is 0.314. The molecule has 0 radical (unpaired) electrons. The van der Waals surface area contributed by atoms with Gasteiger partial charge in [-0.3, -0.25) is 4.79 Å². The van der Waals surface area contributed by atoms with E-state index >= 15 is 0 Å². The normalized spacial score (nSPS) is 11.5. The van der Waals surface area contributed by atoms with Crippen molar-refractivity contribution in [2.45, 2.75) is 6.92 Å². The van der Waals surface area contributed by atoms with E-state index in [1.807, 2.05) is 17.7 Å². The Morgan fingerprint density at radius 2 is 1.71 bits per heavy atom. The Bertz CT molecular complexity index is 1090. The number of thiazole rings is 1. The average molecular weight is 400 g/mol. The van der Waals surface area contributed by atoms with Crippen LogP contribution in [0.4, 0.5) is 0 Å². The van der Waals surface area contributed by atoms with Crippen LogP contribution in [0.5, 0.6) is 11.5 Å². The Kier molecular flexibility index (Phi) is 5.79. The Hall–Kier alpha value is -3.13. The summed E-state index contributed by atoms with van der Waals surface area (Å²) in [5.74, 6) is 0.235. The van der Waals surface area contributed by atoms with Crippen molar-refractivity contribution >= 4 is 33.4 Å². The predicted molar refractivity (Wildman–Crippen MR) is 106 cm³/mol. The molecule has 0 unspecified atom stereocenters. The van der Waals surface area contributed by atoms with Crippen LogP contribution in [-0.2, 0) is 11.8 Å². The first-order chi connectivity index (χ1) is 13.5. The summed E-state index contributed by atoms with van der Waals surface area (Å²) in [5.41, 5.74) is 1.69. The van der Waals surface area contributed by atoms with E-state index in [2.05, 4.69) is 4.99 Å². The Morgan fingerprint density at radius 3 is 2.32 bits per heavy atom. The number of ether oxygens (including phenoxy) is 3. The highest BCUT2D eigenvalue weighted by atomic mass is 32.1. The molecule has 1 heterocycles. The maximum absolute atomic E-state index is 12.7. The molecule has 7 nitrogen and oxygen atoms in total. The fraction of sp³-hybridized carbons (Fsp3) is 0.250. The van der Waals surface area contributed by atoms with Crippen LogP contribution in [0, 0.1) is 0 Å². The predicted octanol–water partition coefficient (Wildman–Crippen LogP) is 3.17. The first-order valence-corrected chi connectivity index (χ1v) is 9.37. The van der Waals surface area contributed by atoms with Gasteiger partial charge in [0.25, 0.3) is 5.91 Å². The average Bonchev–Trinajstić information content (AvgIpc) is 3.02. The van der Waals surface area contributed by atoms with Crippen molar-refractivity contribution < 1.29 is 23.8 Å². The van der Waals surface area contributed by atoms with E-state index in [4.69, 9.17) is 14.2 Å². The monoisotopic (exact) mass is 400 g/mol. The molecule has 0 atom stereocenters. The lowest BCUT2D eigenvalue weighted by molar-refractivity contribution is 0.0526. The number of amides is 1. The lowest BCUT2D eigenvalue weighted by atomic mass is 10.2. The molecule has 1 amide bonds. The molecular formula is C20H20N2O5S. The lowest BCUT2D eigenvalue weighted by Gasteiger charge is -2.05. The van der Waals surface area contributed by atoms with Gasteiger partial charge < -0.3 is 18.8 Å². The summed E-state index contributed by atoms with van der Waals surface area (Å²) in [7, 11) is 4.86. The van der Waals surface area contributed by atoms with Crippen LogP contribution in [-0.4, -0.2) is 37.3 Å². The second-order valence-electron chi connectivity index (χ2n) is 5.86. The van der Waals surface area contributed by atoms with Crippen LogP contribution in [0.25, 0.3) is 10.2 Å². The van der Waals surface area contributed by atoms with E-state index in [0.717, 1.165) is 10.2 Å². The van der Waals surface area contributed by atoms with Crippen molar-refractivity contribution in [3.63, 3.8) is 0 Å². The van der Waals surface area contributed by atoms with Crippen molar-refractivity contribution in [2.24, 2.45) is 12.0 Å². The summed E-state index contributed by atoms with van der Waals surface area (Å²) in [5, 5.41) is 0. The van der Waals surface area contributed by atoms with Crippen LogP contribution in [0.3, 0.4) is 0 Å². The number of esters is 1. The third-order valence-electron chi connectivity index (χ3n) is 4.12. The standard InChI is InChI=1S/C20H20N2O5S/c1-5-27-19(24)12-6-7-16-17(10-12)28-20(22(16)2)21-18(23)13-8-14(25-3)11-15(9-13)26-4/h6-11H,5H2,1-4H3. The van der Waals surface area contributed by atoms with E-state index in [-0.39, 0.29) is 5.97 Å². The zero-order valence-corrected chi connectivity index (χ0v) is 16.8. The van der Waals surface area contributed by atoms with Gasteiger partial charge in [-0.15, -0.1) is 0 Å². The number of nitrogens with zero attached hydrogens (tertiary/aromatic N) is 2. The van der Waals surface area contributed by atoms with Crippen molar-refractivity contribution in [1.29, 1.82) is 0 Å². The van der Waals surface area contributed by atoms with Gasteiger partial charge in [-0.25, -0.2) is 4.79 Å². The molecule has 0 aliphatic carbocycles. The van der Waals surface area contributed by atoms with E-state index < -0.39 is 5.91 Å². The maximum Gasteiger partial charge on any atom is 0.338 e. The second-order valence-corrected chi connectivity index (χ2v) is 6.87. The van der Waals surface area contributed by atoms with Gasteiger partial charge in [0.15, 0.2) is 4.80 Å².